The van der Waals surface area contributed by atoms with Crippen molar-refractivity contribution >= 4 is 0 Å². The minimum Gasteiger partial charge on any atom is -0.454 e. The molecule has 0 aliphatic carbocycles. The van der Waals surface area contributed by atoms with E-state index in [1.807, 2.05) is 18.2 Å². The molecule has 2 unspecified atom stereocenters. The Labute approximate surface area is 160 Å². The van der Waals surface area contributed by atoms with Gasteiger partial charge in [-0.2, -0.15) is 4.98 Å². The molecular weight excluding hydrogens is 365 g/mol. The highest BCUT2D eigenvalue weighted by molar-refractivity contribution is 5.53. The summed E-state index contributed by atoms with van der Waals surface area (Å²) in [5.74, 6) is 1.99. The van der Waals surface area contributed by atoms with Gasteiger partial charge in [-0.15, -0.1) is 0 Å². The van der Waals surface area contributed by atoms with E-state index in [-0.39, 0.29) is 18.7 Å². The molecule has 1 N–H and O–H groups in total. The summed E-state index contributed by atoms with van der Waals surface area (Å²) < 4.78 is 29.4. The van der Waals surface area contributed by atoms with E-state index in [2.05, 4.69) is 15.0 Å². The van der Waals surface area contributed by atoms with Crippen molar-refractivity contribution < 1.29 is 23.5 Å². The zero-order valence-corrected chi connectivity index (χ0v) is 14.9. The van der Waals surface area contributed by atoms with Gasteiger partial charge in [0, 0.05) is 18.7 Å². The van der Waals surface area contributed by atoms with Crippen LogP contribution in [0.25, 0.3) is 11.4 Å². The van der Waals surface area contributed by atoms with Crippen molar-refractivity contribution in [2.45, 2.75) is 25.1 Å². The molecule has 5 rings (SSSR count). The fourth-order valence-corrected chi connectivity index (χ4v) is 3.67. The van der Waals surface area contributed by atoms with Gasteiger partial charge in [0.15, 0.2) is 11.5 Å². The number of aliphatic hydroxyl groups is 1. The van der Waals surface area contributed by atoms with E-state index in [1.165, 1.54) is 12.1 Å². The number of aliphatic hydroxyl groups excluding tert-OH is 1. The zero-order chi connectivity index (χ0) is 19.1. The van der Waals surface area contributed by atoms with Crippen molar-refractivity contribution in [2.24, 2.45) is 0 Å². The number of hydrogen-bond acceptors (Lipinski definition) is 7. The van der Waals surface area contributed by atoms with E-state index in [0.717, 1.165) is 17.1 Å². The molecule has 0 spiro atoms. The highest BCUT2D eigenvalue weighted by Crippen LogP contribution is 2.36. The van der Waals surface area contributed by atoms with Crippen LogP contribution in [-0.4, -0.2) is 39.6 Å². The van der Waals surface area contributed by atoms with Crippen LogP contribution in [-0.2, 0) is 6.54 Å². The maximum atomic E-state index is 13.1. The second-order valence-electron chi connectivity index (χ2n) is 6.99. The van der Waals surface area contributed by atoms with Gasteiger partial charge in [0.1, 0.15) is 5.82 Å². The Hall–Kier alpha value is -2.97. The first-order valence-electron chi connectivity index (χ1n) is 9.06. The number of halogens is 1. The number of ether oxygens (including phenoxy) is 2. The third-order valence-corrected chi connectivity index (χ3v) is 5.03. The molecule has 2 aliphatic heterocycles. The van der Waals surface area contributed by atoms with Crippen molar-refractivity contribution in [1.82, 2.24) is 15.0 Å². The van der Waals surface area contributed by atoms with Gasteiger partial charge >= 0.3 is 0 Å². The lowest BCUT2D eigenvalue weighted by Gasteiger charge is -2.21. The molecule has 2 atom stereocenters. The average molecular weight is 383 g/mol. The van der Waals surface area contributed by atoms with Crippen LogP contribution in [0.3, 0.4) is 0 Å². The maximum absolute atomic E-state index is 13.1. The second kappa shape index (κ2) is 6.88. The molecule has 1 saturated heterocycles. The Morgan fingerprint density at radius 3 is 2.79 bits per heavy atom. The smallest absolute Gasteiger partial charge is 0.244 e. The van der Waals surface area contributed by atoms with Crippen LogP contribution in [0.1, 0.15) is 23.9 Å². The van der Waals surface area contributed by atoms with E-state index in [9.17, 15) is 9.50 Å². The molecule has 8 heteroatoms. The first-order chi connectivity index (χ1) is 13.7. The van der Waals surface area contributed by atoms with E-state index in [4.69, 9.17) is 14.0 Å². The number of hydrogen-bond donors (Lipinski definition) is 1. The van der Waals surface area contributed by atoms with Crippen LogP contribution >= 0.6 is 0 Å². The van der Waals surface area contributed by atoms with Gasteiger partial charge in [0.25, 0.3) is 0 Å². The van der Waals surface area contributed by atoms with Crippen molar-refractivity contribution in [1.29, 1.82) is 0 Å². The van der Waals surface area contributed by atoms with Gasteiger partial charge in [0.05, 0.1) is 12.1 Å². The van der Waals surface area contributed by atoms with Gasteiger partial charge < -0.3 is 19.1 Å². The molecule has 144 valence electrons. The van der Waals surface area contributed by atoms with E-state index in [0.29, 0.717) is 36.8 Å². The van der Waals surface area contributed by atoms with Gasteiger partial charge in [-0.1, -0.05) is 11.2 Å². The maximum Gasteiger partial charge on any atom is 0.244 e. The lowest BCUT2D eigenvalue weighted by atomic mass is 10.1. The van der Waals surface area contributed by atoms with Crippen LogP contribution in [0.2, 0.25) is 0 Å². The van der Waals surface area contributed by atoms with Crippen LogP contribution in [0, 0.1) is 5.82 Å². The summed E-state index contributed by atoms with van der Waals surface area (Å²) in [6, 6.07) is 11.6. The third kappa shape index (κ3) is 3.21. The highest BCUT2D eigenvalue weighted by Gasteiger charge is 2.36. The number of fused-ring (bicyclic) bond motifs is 1. The molecule has 0 amide bonds. The predicted octanol–water partition coefficient (Wildman–Crippen LogP) is 2.91. The SMILES string of the molecule is OC1CC(c2nc(-c3ccc(F)cc3)no2)N(Cc2ccc3c(c2)OCO3)C1. The van der Waals surface area contributed by atoms with Crippen LogP contribution in [0.4, 0.5) is 4.39 Å². The van der Waals surface area contributed by atoms with Crippen molar-refractivity contribution in [3.8, 4) is 22.9 Å². The largest absolute Gasteiger partial charge is 0.454 e. The Kier molecular flexibility index (Phi) is 4.22. The Bertz CT molecular complexity index is 991. The summed E-state index contributed by atoms with van der Waals surface area (Å²) in [6.45, 7) is 1.35. The lowest BCUT2D eigenvalue weighted by Crippen LogP contribution is -2.24. The van der Waals surface area contributed by atoms with Crippen LogP contribution in [0.5, 0.6) is 11.5 Å². The summed E-state index contributed by atoms with van der Waals surface area (Å²) in [5.41, 5.74) is 1.72. The topological polar surface area (TPSA) is 80.9 Å². The number of aromatic nitrogens is 2. The van der Waals surface area contributed by atoms with E-state index >= 15 is 0 Å². The summed E-state index contributed by atoms with van der Waals surface area (Å²) in [7, 11) is 0. The number of likely N-dealkylation sites (tertiary alicyclic amines) is 1. The second-order valence-corrected chi connectivity index (χ2v) is 6.99. The van der Waals surface area contributed by atoms with Crippen LogP contribution < -0.4 is 9.47 Å². The standard InChI is InChI=1S/C20H18FN3O4/c21-14-4-2-13(3-5-14)19-22-20(28-23-19)16-8-15(25)10-24(16)9-12-1-6-17-18(7-12)27-11-26-17/h1-7,15-16,25H,8-11H2. The molecule has 3 aromatic rings. The molecule has 2 aliphatic rings. The lowest BCUT2D eigenvalue weighted by molar-refractivity contribution is 0.169. The molecule has 0 radical (unpaired) electrons. The summed E-state index contributed by atoms with van der Waals surface area (Å²) in [4.78, 5) is 6.58. The van der Waals surface area contributed by atoms with Gasteiger partial charge in [-0.3, -0.25) is 4.90 Å². The molecule has 3 heterocycles. The fraction of sp³-hybridized carbons (Fsp3) is 0.300. The van der Waals surface area contributed by atoms with Gasteiger partial charge in [0.2, 0.25) is 18.5 Å². The Balaban J connectivity index is 1.37. The average Bonchev–Trinajstić information content (AvgIpc) is 3.41. The van der Waals surface area contributed by atoms with E-state index < -0.39 is 6.10 Å². The number of β-amino-alcohol motifs (C(OH)–C–C–N with tert-alkyl or cyclic N) is 1. The Morgan fingerprint density at radius 2 is 1.93 bits per heavy atom. The van der Waals surface area contributed by atoms with Crippen LogP contribution in [0.15, 0.2) is 47.0 Å². The molecule has 0 bridgehead atoms. The molecule has 28 heavy (non-hydrogen) atoms. The number of rotatable bonds is 4. The zero-order valence-electron chi connectivity index (χ0n) is 14.9. The summed E-state index contributed by atoms with van der Waals surface area (Å²) in [6.07, 6.45) is 0.0375. The molecule has 0 saturated carbocycles. The fourth-order valence-electron chi connectivity index (χ4n) is 3.67. The first kappa shape index (κ1) is 17.2. The molecule has 1 fully saturated rings. The molecule has 1 aromatic heterocycles. The summed E-state index contributed by atoms with van der Waals surface area (Å²) >= 11 is 0. The van der Waals surface area contributed by atoms with Gasteiger partial charge in [-0.25, -0.2) is 4.39 Å². The highest BCUT2D eigenvalue weighted by atomic mass is 19.1. The normalized spacial score (nSPS) is 21.4. The van der Waals surface area contributed by atoms with Crippen molar-refractivity contribution in [2.75, 3.05) is 13.3 Å². The number of nitrogens with zero attached hydrogens (tertiary/aromatic N) is 3. The third-order valence-electron chi connectivity index (χ3n) is 5.03. The van der Waals surface area contributed by atoms with Gasteiger partial charge in [-0.05, 0) is 48.4 Å². The van der Waals surface area contributed by atoms with E-state index in [1.54, 1.807) is 12.1 Å². The quantitative estimate of drug-likeness (QED) is 0.742. The number of benzene rings is 2. The predicted molar refractivity (Wildman–Crippen MR) is 96.0 cm³/mol. The molecule has 2 aromatic carbocycles. The Morgan fingerprint density at radius 1 is 1.11 bits per heavy atom. The molecular formula is C20H18FN3O4. The first-order valence-corrected chi connectivity index (χ1v) is 9.06. The van der Waals surface area contributed by atoms with Crippen molar-refractivity contribution in [3.63, 3.8) is 0 Å². The minimum absolute atomic E-state index is 0.192. The summed E-state index contributed by atoms with van der Waals surface area (Å²) in [5, 5.41) is 14.2. The van der Waals surface area contributed by atoms with Crippen molar-refractivity contribution in [3.05, 3.63) is 59.7 Å². The monoisotopic (exact) mass is 383 g/mol. The molecule has 7 nitrogen and oxygen atoms in total. The minimum atomic E-state index is -0.472.